The molecule has 3 atom stereocenters. The Morgan fingerprint density at radius 1 is 1.24 bits per heavy atom. The van der Waals surface area contributed by atoms with Crippen LogP contribution < -0.4 is 9.47 Å². The summed E-state index contributed by atoms with van der Waals surface area (Å²) in [4.78, 5) is 14.7. The number of likely N-dealkylation sites (tertiary alicyclic amines) is 1. The lowest BCUT2D eigenvalue weighted by molar-refractivity contribution is -0.146. The average Bonchev–Trinajstić information content (AvgIpc) is 3.00. The van der Waals surface area contributed by atoms with Gasteiger partial charge in [0.2, 0.25) is 0 Å². The maximum Gasteiger partial charge on any atom is 0.323 e. The van der Waals surface area contributed by atoms with Gasteiger partial charge in [0.25, 0.3) is 0 Å². The number of nitrogens with zero attached hydrogens (tertiary/aromatic N) is 1. The van der Waals surface area contributed by atoms with Crippen LogP contribution in [0.5, 0.6) is 11.5 Å². The summed E-state index contributed by atoms with van der Waals surface area (Å²) in [6.07, 6.45) is 5.82. The summed E-state index contributed by atoms with van der Waals surface area (Å²) in [5.74, 6) is 2.07. The Kier molecular flexibility index (Phi) is 4.91. The van der Waals surface area contributed by atoms with Crippen molar-refractivity contribution in [3.05, 3.63) is 22.2 Å². The van der Waals surface area contributed by atoms with Gasteiger partial charge in [0.15, 0.2) is 11.5 Å². The van der Waals surface area contributed by atoms with Crippen molar-refractivity contribution in [1.29, 1.82) is 0 Å². The topological polar surface area (TPSA) is 48.0 Å². The Labute approximate surface area is 156 Å². The summed E-state index contributed by atoms with van der Waals surface area (Å²) in [5, 5.41) is 0. The number of carbonyl (C=O) groups excluding carboxylic acids is 1. The van der Waals surface area contributed by atoms with Crippen LogP contribution in [0.15, 0.2) is 16.6 Å². The fraction of sp³-hybridized carbons (Fsp3) is 0.632. The average molecular weight is 410 g/mol. The normalized spacial score (nSPS) is 28.5. The van der Waals surface area contributed by atoms with E-state index in [1.807, 2.05) is 12.1 Å². The van der Waals surface area contributed by atoms with Gasteiger partial charge in [0, 0.05) is 17.1 Å². The molecule has 136 valence electrons. The molecule has 0 bridgehead atoms. The smallest absolute Gasteiger partial charge is 0.323 e. The summed E-state index contributed by atoms with van der Waals surface area (Å²) in [6, 6.07) is 4.35. The van der Waals surface area contributed by atoms with E-state index >= 15 is 0 Å². The Morgan fingerprint density at radius 2 is 1.96 bits per heavy atom. The molecule has 2 aliphatic heterocycles. The first-order chi connectivity index (χ1) is 12.2. The highest BCUT2D eigenvalue weighted by atomic mass is 79.9. The second-order valence-electron chi connectivity index (χ2n) is 7.15. The number of benzene rings is 1. The molecule has 25 heavy (non-hydrogen) atoms. The number of ether oxygens (including phenoxy) is 3. The molecule has 0 N–H and O–H groups in total. The molecule has 3 aliphatic rings. The molecule has 5 nitrogen and oxygen atoms in total. The Bertz CT molecular complexity index is 665. The second-order valence-corrected chi connectivity index (χ2v) is 8.00. The minimum Gasteiger partial charge on any atom is -0.486 e. The summed E-state index contributed by atoms with van der Waals surface area (Å²) in [6.45, 7) is 1.88. The Hall–Kier alpha value is -1.27. The lowest BCUT2D eigenvalue weighted by Crippen LogP contribution is -2.42. The molecule has 0 unspecified atom stereocenters. The highest BCUT2D eigenvalue weighted by Crippen LogP contribution is 2.42. The van der Waals surface area contributed by atoms with E-state index < -0.39 is 0 Å². The number of methoxy groups -OCH3 is 1. The third-order valence-corrected chi connectivity index (χ3v) is 6.50. The van der Waals surface area contributed by atoms with E-state index in [9.17, 15) is 4.79 Å². The number of rotatable bonds is 3. The molecule has 0 spiro atoms. The zero-order valence-corrected chi connectivity index (χ0v) is 16.1. The molecule has 4 rings (SSSR count). The van der Waals surface area contributed by atoms with Gasteiger partial charge in [0.05, 0.1) is 7.11 Å². The van der Waals surface area contributed by atoms with Crippen molar-refractivity contribution in [3.8, 4) is 11.5 Å². The molecule has 1 saturated carbocycles. The molecule has 6 heteroatoms. The molecule has 1 aromatic rings. The number of carbonyl (C=O) groups is 1. The quantitative estimate of drug-likeness (QED) is 0.714. The largest absolute Gasteiger partial charge is 0.486 e. The van der Waals surface area contributed by atoms with Crippen LogP contribution in [0, 0.1) is 5.92 Å². The molecule has 1 aliphatic carbocycles. The second kappa shape index (κ2) is 7.16. The predicted octanol–water partition coefficient (Wildman–Crippen LogP) is 3.53. The fourth-order valence-electron chi connectivity index (χ4n) is 4.57. The van der Waals surface area contributed by atoms with Crippen LogP contribution >= 0.6 is 15.9 Å². The van der Waals surface area contributed by atoms with Gasteiger partial charge in [-0.15, -0.1) is 0 Å². The summed E-state index contributed by atoms with van der Waals surface area (Å²) in [7, 11) is 1.49. The van der Waals surface area contributed by atoms with Gasteiger partial charge in [-0.2, -0.15) is 0 Å². The van der Waals surface area contributed by atoms with Gasteiger partial charge in [0.1, 0.15) is 19.3 Å². The molecule has 1 saturated heterocycles. The monoisotopic (exact) mass is 409 g/mol. The molecular formula is C19H24BrNO4. The SMILES string of the molecule is COC(=O)[C@@H]1C[C@@H]2CCCC[C@@H]2N1Cc1cc2c(cc1Br)OCCO2. The molecule has 2 fully saturated rings. The van der Waals surface area contributed by atoms with E-state index in [1.54, 1.807) is 0 Å². The van der Waals surface area contributed by atoms with E-state index in [1.165, 1.54) is 32.8 Å². The van der Waals surface area contributed by atoms with Crippen LogP contribution in [0.2, 0.25) is 0 Å². The lowest BCUT2D eigenvalue weighted by atomic mass is 9.84. The molecular weight excluding hydrogens is 386 g/mol. The minimum atomic E-state index is -0.141. The van der Waals surface area contributed by atoms with Gasteiger partial charge >= 0.3 is 5.97 Å². The van der Waals surface area contributed by atoms with E-state index in [2.05, 4.69) is 20.8 Å². The summed E-state index contributed by atoms with van der Waals surface area (Å²) < 4.78 is 17.5. The van der Waals surface area contributed by atoms with Crippen LogP contribution in [0.4, 0.5) is 0 Å². The third-order valence-electron chi connectivity index (χ3n) is 5.76. The van der Waals surface area contributed by atoms with Gasteiger partial charge in [-0.3, -0.25) is 9.69 Å². The number of halogens is 1. The Balaban J connectivity index is 1.61. The minimum absolute atomic E-state index is 0.108. The number of hydrogen-bond acceptors (Lipinski definition) is 5. The highest BCUT2D eigenvalue weighted by Gasteiger charge is 2.45. The van der Waals surface area contributed by atoms with Crippen LogP contribution in [-0.2, 0) is 16.1 Å². The van der Waals surface area contributed by atoms with Crippen molar-refractivity contribution >= 4 is 21.9 Å². The molecule has 0 aromatic heterocycles. The first kappa shape index (κ1) is 17.2. The number of hydrogen-bond donors (Lipinski definition) is 0. The lowest BCUT2D eigenvalue weighted by Gasteiger charge is -2.33. The molecule has 1 aromatic carbocycles. The summed E-state index contributed by atoms with van der Waals surface area (Å²) in [5.41, 5.74) is 1.13. The maximum atomic E-state index is 12.4. The summed E-state index contributed by atoms with van der Waals surface area (Å²) >= 11 is 3.67. The van der Waals surface area contributed by atoms with Crippen molar-refractivity contribution in [2.45, 2.75) is 50.7 Å². The maximum absolute atomic E-state index is 12.4. The zero-order chi connectivity index (χ0) is 17.4. The zero-order valence-electron chi connectivity index (χ0n) is 14.5. The number of fused-ring (bicyclic) bond motifs is 2. The van der Waals surface area contributed by atoms with Gasteiger partial charge in [-0.05, 0) is 42.9 Å². The Morgan fingerprint density at radius 3 is 2.72 bits per heavy atom. The molecule has 0 amide bonds. The van der Waals surface area contributed by atoms with Crippen LogP contribution in [-0.4, -0.2) is 43.3 Å². The van der Waals surface area contributed by atoms with Gasteiger partial charge < -0.3 is 14.2 Å². The van der Waals surface area contributed by atoms with Crippen molar-refractivity contribution < 1.29 is 19.0 Å². The first-order valence-corrected chi connectivity index (χ1v) is 9.88. The van der Waals surface area contributed by atoms with Crippen molar-refractivity contribution in [2.75, 3.05) is 20.3 Å². The third kappa shape index (κ3) is 3.26. The fourth-order valence-corrected chi connectivity index (χ4v) is 5.02. The van der Waals surface area contributed by atoms with Crippen molar-refractivity contribution in [2.24, 2.45) is 5.92 Å². The van der Waals surface area contributed by atoms with Gasteiger partial charge in [-0.1, -0.05) is 28.8 Å². The van der Waals surface area contributed by atoms with E-state index in [-0.39, 0.29) is 12.0 Å². The molecule has 0 radical (unpaired) electrons. The van der Waals surface area contributed by atoms with Crippen molar-refractivity contribution in [3.63, 3.8) is 0 Å². The van der Waals surface area contributed by atoms with Crippen LogP contribution in [0.1, 0.15) is 37.7 Å². The predicted molar refractivity (Wildman–Crippen MR) is 96.8 cm³/mol. The first-order valence-electron chi connectivity index (χ1n) is 9.09. The van der Waals surface area contributed by atoms with Crippen molar-refractivity contribution in [1.82, 2.24) is 4.90 Å². The van der Waals surface area contributed by atoms with E-state index in [4.69, 9.17) is 14.2 Å². The standard InChI is InChI=1S/C19H24BrNO4/c1-23-19(22)16-8-12-4-2-3-5-15(12)21(16)11-13-9-17-18(10-14(13)20)25-7-6-24-17/h9-10,12,15-16H,2-8,11H2,1H3/t12-,15-,16-/m0/s1. The van der Waals surface area contributed by atoms with Gasteiger partial charge in [-0.25, -0.2) is 0 Å². The molecule has 2 heterocycles. The highest BCUT2D eigenvalue weighted by molar-refractivity contribution is 9.10. The van der Waals surface area contributed by atoms with Crippen LogP contribution in [0.3, 0.4) is 0 Å². The van der Waals surface area contributed by atoms with E-state index in [0.717, 1.165) is 34.5 Å². The number of esters is 1. The van der Waals surface area contributed by atoms with E-state index in [0.29, 0.717) is 25.2 Å². The van der Waals surface area contributed by atoms with Crippen LogP contribution in [0.25, 0.3) is 0 Å².